The van der Waals surface area contributed by atoms with Crippen molar-refractivity contribution < 1.29 is 4.74 Å². The Hall–Kier alpha value is -2.54. The SMILES string of the molecule is COCc1nc2n(n1)CCCC2Nc1ncnc2cccc(C)c12. The van der Waals surface area contributed by atoms with Crippen molar-refractivity contribution in [1.29, 1.82) is 0 Å². The van der Waals surface area contributed by atoms with E-state index in [1.165, 1.54) is 0 Å². The fourth-order valence-corrected chi connectivity index (χ4v) is 3.28. The van der Waals surface area contributed by atoms with Crippen LogP contribution in [0.4, 0.5) is 5.82 Å². The second kappa shape index (κ2) is 6.16. The molecule has 0 spiro atoms. The highest BCUT2D eigenvalue weighted by Crippen LogP contribution is 2.30. The zero-order valence-corrected chi connectivity index (χ0v) is 13.9. The predicted octanol–water partition coefficient (Wildman–Crippen LogP) is 2.62. The van der Waals surface area contributed by atoms with Gasteiger partial charge in [-0.15, -0.1) is 0 Å². The van der Waals surface area contributed by atoms with Crippen molar-refractivity contribution in [2.75, 3.05) is 12.4 Å². The number of nitrogens with zero attached hydrogens (tertiary/aromatic N) is 5. The van der Waals surface area contributed by atoms with Crippen molar-refractivity contribution in [3.63, 3.8) is 0 Å². The van der Waals surface area contributed by atoms with Crippen LogP contribution in [0.1, 0.15) is 36.1 Å². The fraction of sp³-hybridized carbons (Fsp3) is 0.412. The van der Waals surface area contributed by atoms with Crippen LogP contribution in [-0.2, 0) is 17.9 Å². The molecule has 1 aliphatic rings. The number of rotatable bonds is 4. The number of nitrogens with one attached hydrogen (secondary N) is 1. The first-order valence-corrected chi connectivity index (χ1v) is 8.15. The molecule has 7 nitrogen and oxygen atoms in total. The third kappa shape index (κ3) is 2.60. The molecule has 2 aromatic heterocycles. The van der Waals surface area contributed by atoms with Gasteiger partial charge in [0.25, 0.3) is 0 Å². The highest BCUT2D eigenvalue weighted by atomic mass is 16.5. The van der Waals surface area contributed by atoms with E-state index in [1.807, 2.05) is 16.8 Å². The van der Waals surface area contributed by atoms with E-state index in [4.69, 9.17) is 4.74 Å². The van der Waals surface area contributed by atoms with E-state index in [2.05, 4.69) is 38.4 Å². The predicted molar refractivity (Wildman–Crippen MR) is 90.6 cm³/mol. The number of fused-ring (bicyclic) bond motifs is 2. The molecule has 1 unspecified atom stereocenters. The minimum absolute atomic E-state index is 0.0922. The van der Waals surface area contributed by atoms with Crippen LogP contribution in [0.5, 0.6) is 0 Å². The summed E-state index contributed by atoms with van der Waals surface area (Å²) in [6.07, 6.45) is 3.67. The standard InChI is InChI=1S/C17H20N6O/c1-11-5-3-6-12-15(11)16(19-10-18-12)20-13-7-4-8-23-17(13)21-14(22-23)9-24-2/h3,5-6,10,13H,4,7-9H2,1-2H3,(H,18,19,20). The molecule has 0 saturated heterocycles. The first kappa shape index (κ1) is 15.0. The van der Waals surface area contributed by atoms with Gasteiger partial charge in [0.15, 0.2) is 5.82 Å². The second-order valence-electron chi connectivity index (χ2n) is 6.07. The molecule has 0 amide bonds. The summed E-state index contributed by atoms with van der Waals surface area (Å²) >= 11 is 0. The Balaban J connectivity index is 1.70. The van der Waals surface area contributed by atoms with E-state index in [0.717, 1.165) is 53.3 Å². The summed E-state index contributed by atoms with van der Waals surface area (Å²) in [6, 6.07) is 6.20. The van der Waals surface area contributed by atoms with E-state index in [9.17, 15) is 0 Å². The number of ether oxygens (including phenoxy) is 1. The average molecular weight is 324 g/mol. The smallest absolute Gasteiger partial charge is 0.176 e. The molecular formula is C17H20N6O. The highest BCUT2D eigenvalue weighted by molar-refractivity contribution is 5.91. The normalized spacial score (nSPS) is 17.0. The van der Waals surface area contributed by atoms with Crippen LogP contribution in [0.2, 0.25) is 0 Å². The molecule has 0 fully saturated rings. The molecule has 1 aliphatic heterocycles. The van der Waals surface area contributed by atoms with Gasteiger partial charge in [-0.3, -0.25) is 0 Å². The number of hydrogen-bond donors (Lipinski definition) is 1. The number of aromatic nitrogens is 5. The van der Waals surface area contributed by atoms with Gasteiger partial charge in [0.2, 0.25) is 0 Å². The Morgan fingerprint density at radius 3 is 3.12 bits per heavy atom. The van der Waals surface area contributed by atoms with Gasteiger partial charge in [-0.25, -0.2) is 19.6 Å². The van der Waals surface area contributed by atoms with Gasteiger partial charge >= 0.3 is 0 Å². The van der Waals surface area contributed by atoms with Crippen LogP contribution in [0.3, 0.4) is 0 Å². The third-order valence-corrected chi connectivity index (χ3v) is 4.37. The molecule has 1 aromatic carbocycles. The van der Waals surface area contributed by atoms with Crippen LogP contribution in [0, 0.1) is 6.92 Å². The highest BCUT2D eigenvalue weighted by Gasteiger charge is 2.25. The summed E-state index contributed by atoms with van der Waals surface area (Å²) in [5.74, 6) is 2.53. The minimum atomic E-state index is 0.0922. The van der Waals surface area contributed by atoms with Gasteiger partial charge in [0, 0.05) is 19.0 Å². The summed E-state index contributed by atoms with van der Waals surface area (Å²) in [5.41, 5.74) is 2.11. The Bertz CT molecular complexity index is 869. The molecule has 0 aliphatic carbocycles. The third-order valence-electron chi connectivity index (χ3n) is 4.37. The molecule has 3 heterocycles. The van der Waals surface area contributed by atoms with Crippen molar-refractivity contribution in [1.82, 2.24) is 24.7 Å². The lowest BCUT2D eigenvalue weighted by Crippen LogP contribution is -2.23. The molecule has 24 heavy (non-hydrogen) atoms. The number of anilines is 1. The number of methoxy groups -OCH3 is 1. The Kier molecular flexibility index (Phi) is 3.86. The number of hydrogen-bond acceptors (Lipinski definition) is 6. The van der Waals surface area contributed by atoms with Crippen LogP contribution < -0.4 is 5.32 Å². The van der Waals surface area contributed by atoms with Crippen LogP contribution in [-0.4, -0.2) is 31.8 Å². The first-order valence-electron chi connectivity index (χ1n) is 8.15. The Labute approximate surface area is 140 Å². The van der Waals surface area contributed by atoms with Gasteiger partial charge in [-0.2, -0.15) is 5.10 Å². The average Bonchev–Trinajstić information content (AvgIpc) is 2.99. The molecule has 3 aromatic rings. The fourth-order valence-electron chi connectivity index (χ4n) is 3.28. The van der Waals surface area contributed by atoms with E-state index in [-0.39, 0.29) is 6.04 Å². The van der Waals surface area contributed by atoms with E-state index < -0.39 is 0 Å². The molecule has 1 atom stereocenters. The molecule has 0 saturated carbocycles. The van der Waals surface area contributed by atoms with Gasteiger partial charge in [-0.1, -0.05) is 12.1 Å². The summed E-state index contributed by atoms with van der Waals surface area (Å²) in [4.78, 5) is 13.5. The van der Waals surface area contributed by atoms with Crippen molar-refractivity contribution in [2.24, 2.45) is 0 Å². The summed E-state index contributed by atoms with van der Waals surface area (Å²) in [7, 11) is 1.66. The monoisotopic (exact) mass is 324 g/mol. The first-order chi connectivity index (χ1) is 11.8. The van der Waals surface area contributed by atoms with Gasteiger partial charge in [-0.05, 0) is 31.4 Å². The van der Waals surface area contributed by atoms with E-state index in [0.29, 0.717) is 6.61 Å². The molecule has 7 heteroatoms. The summed E-state index contributed by atoms with van der Waals surface area (Å²) in [5, 5.41) is 9.14. The van der Waals surface area contributed by atoms with Crippen LogP contribution in [0.15, 0.2) is 24.5 Å². The van der Waals surface area contributed by atoms with Gasteiger partial charge in [0.05, 0.1) is 11.6 Å². The second-order valence-corrected chi connectivity index (χ2v) is 6.07. The van der Waals surface area contributed by atoms with Crippen LogP contribution in [0.25, 0.3) is 10.9 Å². The van der Waals surface area contributed by atoms with Gasteiger partial charge < -0.3 is 10.1 Å². The van der Waals surface area contributed by atoms with E-state index in [1.54, 1.807) is 13.4 Å². The topological polar surface area (TPSA) is 77.8 Å². The quantitative estimate of drug-likeness (QED) is 0.795. The van der Waals surface area contributed by atoms with Crippen molar-refractivity contribution in [2.45, 2.75) is 39.0 Å². The Morgan fingerprint density at radius 2 is 2.25 bits per heavy atom. The van der Waals surface area contributed by atoms with Crippen LogP contribution >= 0.6 is 0 Å². The molecule has 0 bridgehead atoms. The summed E-state index contributed by atoms with van der Waals surface area (Å²) in [6.45, 7) is 3.41. The maximum atomic E-state index is 5.15. The zero-order chi connectivity index (χ0) is 16.5. The molecule has 124 valence electrons. The lowest BCUT2D eigenvalue weighted by atomic mass is 10.1. The molecular weight excluding hydrogens is 304 g/mol. The molecule has 1 N–H and O–H groups in total. The lowest BCUT2D eigenvalue weighted by molar-refractivity contribution is 0.177. The number of aryl methyl sites for hydroxylation is 2. The van der Waals surface area contributed by atoms with Crippen molar-refractivity contribution in [3.8, 4) is 0 Å². The van der Waals surface area contributed by atoms with E-state index >= 15 is 0 Å². The zero-order valence-electron chi connectivity index (χ0n) is 13.9. The van der Waals surface area contributed by atoms with Gasteiger partial charge in [0.1, 0.15) is 24.6 Å². The molecule has 0 radical (unpaired) electrons. The van der Waals surface area contributed by atoms with Crippen molar-refractivity contribution in [3.05, 3.63) is 41.7 Å². The molecule has 4 rings (SSSR count). The maximum absolute atomic E-state index is 5.15. The summed E-state index contributed by atoms with van der Waals surface area (Å²) < 4.78 is 7.13. The van der Waals surface area contributed by atoms with Crippen molar-refractivity contribution >= 4 is 16.7 Å². The lowest BCUT2D eigenvalue weighted by Gasteiger charge is -2.24. The number of benzene rings is 1. The maximum Gasteiger partial charge on any atom is 0.176 e. The minimum Gasteiger partial charge on any atom is -0.377 e. The largest absolute Gasteiger partial charge is 0.377 e. The Morgan fingerprint density at radius 1 is 1.33 bits per heavy atom.